The first kappa shape index (κ1) is 15.0. The minimum absolute atomic E-state index is 0.0669. The normalized spacial score (nSPS) is 10.6. The molecule has 0 atom stereocenters. The van der Waals surface area contributed by atoms with E-state index in [2.05, 4.69) is 4.98 Å². The number of aromatic nitrogens is 2. The molecule has 0 radical (unpaired) electrons. The Morgan fingerprint density at radius 1 is 1.38 bits per heavy atom. The van der Waals surface area contributed by atoms with Crippen molar-refractivity contribution in [1.29, 1.82) is 0 Å². The van der Waals surface area contributed by atoms with Gasteiger partial charge in [-0.25, -0.2) is 4.98 Å². The zero-order valence-electron chi connectivity index (χ0n) is 12.3. The highest BCUT2D eigenvalue weighted by atomic mass is 16.5. The maximum Gasteiger partial charge on any atom is 0.307 e. The van der Waals surface area contributed by atoms with Crippen molar-refractivity contribution in [2.24, 2.45) is 0 Å². The van der Waals surface area contributed by atoms with E-state index in [1.165, 1.54) is 4.90 Å². The number of likely N-dealkylation sites (N-methyl/N-ethyl adjacent to an activating group) is 1. The van der Waals surface area contributed by atoms with Crippen molar-refractivity contribution in [2.75, 3.05) is 20.2 Å². The van der Waals surface area contributed by atoms with Crippen LogP contribution in [-0.4, -0.2) is 46.4 Å². The number of nitrogens with zero attached hydrogens (tertiary/aromatic N) is 3. The van der Waals surface area contributed by atoms with Gasteiger partial charge in [-0.3, -0.25) is 9.59 Å². The first-order valence-corrected chi connectivity index (χ1v) is 6.92. The molecular formula is C15H19N3O3. The summed E-state index contributed by atoms with van der Waals surface area (Å²) in [4.78, 5) is 29.3. The molecular weight excluding hydrogens is 270 g/mol. The van der Waals surface area contributed by atoms with Gasteiger partial charge >= 0.3 is 5.97 Å². The molecule has 0 saturated heterocycles. The van der Waals surface area contributed by atoms with E-state index < -0.39 is 0 Å². The molecule has 0 N–H and O–H groups in total. The summed E-state index contributed by atoms with van der Waals surface area (Å²) >= 11 is 0. The molecule has 2 aromatic rings. The second-order valence-corrected chi connectivity index (χ2v) is 4.75. The van der Waals surface area contributed by atoms with Gasteiger partial charge in [-0.1, -0.05) is 6.07 Å². The molecule has 2 heterocycles. The van der Waals surface area contributed by atoms with Crippen molar-refractivity contribution in [2.45, 2.75) is 19.8 Å². The number of pyridine rings is 1. The predicted molar refractivity (Wildman–Crippen MR) is 77.8 cm³/mol. The van der Waals surface area contributed by atoms with Crippen LogP contribution in [0.3, 0.4) is 0 Å². The fourth-order valence-corrected chi connectivity index (χ4v) is 1.98. The summed E-state index contributed by atoms with van der Waals surface area (Å²) < 4.78 is 6.71. The molecule has 0 fully saturated rings. The van der Waals surface area contributed by atoms with Crippen molar-refractivity contribution in [1.82, 2.24) is 14.3 Å². The minimum Gasteiger partial charge on any atom is -0.466 e. The Labute approximate surface area is 123 Å². The topological polar surface area (TPSA) is 63.9 Å². The Morgan fingerprint density at radius 2 is 2.19 bits per heavy atom. The number of carbonyl (C=O) groups is 2. The van der Waals surface area contributed by atoms with Crippen LogP contribution in [0.25, 0.3) is 5.65 Å². The Morgan fingerprint density at radius 3 is 2.90 bits per heavy atom. The van der Waals surface area contributed by atoms with Crippen LogP contribution < -0.4 is 0 Å². The first-order valence-electron chi connectivity index (χ1n) is 6.92. The third-order valence-electron chi connectivity index (χ3n) is 3.13. The molecule has 2 rings (SSSR count). The maximum atomic E-state index is 12.1. The molecule has 0 unspecified atom stereocenters. The number of hydrogen-bond acceptors (Lipinski definition) is 4. The quantitative estimate of drug-likeness (QED) is 0.752. The van der Waals surface area contributed by atoms with Crippen molar-refractivity contribution in [3.8, 4) is 0 Å². The highest BCUT2D eigenvalue weighted by Crippen LogP contribution is 2.06. The van der Waals surface area contributed by atoms with Gasteiger partial charge in [0.2, 0.25) is 5.91 Å². The van der Waals surface area contributed by atoms with Gasteiger partial charge in [0.05, 0.1) is 25.1 Å². The summed E-state index contributed by atoms with van der Waals surface area (Å²) in [5.74, 6) is -0.354. The number of fused-ring (bicyclic) bond motifs is 1. The number of esters is 1. The maximum absolute atomic E-state index is 12.1. The summed E-state index contributed by atoms with van der Waals surface area (Å²) in [5, 5.41) is 0. The van der Waals surface area contributed by atoms with Gasteiger partial charge in [-0.05, 0) is 19.1 Å². The average molecular weight is 289 g/mol. The van der Waals surface area contributed by atoms with Crippen molar-refractivity contribution in [3.63, 3.8) is 0 Å². The molecule has 2 aromatic heterocycles. The van der Waals surface area contributed by atoms with E-state index in [1.54, 1.807) is 14.0 Å². The lowest BCUT2D eigenvalue weighted by Gasteiger charge is -2.15. The molecule has 6 nitrogen and oxygen atoms in total. The van der Waals surface area contributed by atoms with E-state index in [-0.39, 0.29) is 24.7 Å². The number of carbonyl (C=O) groups excluding carboxylic acids is 2. The average Bonchev–Trinajstić information content (AvgIpc) is 2.87. The minimum atomic E-state index is -0.287. The fourth-order valence-electron chi connectivity index (χ4n) is 1.98. The van der Waals surface area contributed by atoms with Crippen LogP contribution in [0.5, 0.6) is 0 Å². The standard InChI is InChI=1S/C15H19N3O3/c1-3-21-15(20)7-9-17(2)14(19)10-12-11-18-8-5-4-6-13(18)16-12/h4-6,8,11H,3,7,9-10H2,1-2H3. The largest absolute Gasteiger partial charge is 0.466 e. The second-order valence-electron chi connectivity index (χ2n) is 4.75. The molecule has 6 heteroatoms. The van der Waals surface area contributed by atoms with Crippen LogP contribution in [0.15, 0.2) is 30.6 Å². The molecule has 112 valence electrons. The third kappa shape index (κ3) is 4.05. The molecule has 21 heavy (non-hydrogen) atoms. The fraction of sp³-hybridized carbons (Fsp3) is 0.400. The summed E-state index contributed by atoms with van der Waals surface area (Å²) in [6, 6.07) is 5.70. The first-order chi connectivity index (χ1) is 10.1. The lowest BCUT2D eigenvalue weighted by Crippen LogP contribution is -2.30. The number of rotatable bonds is 6. The van der Waals surface area contributed by atoms with Gasteiger partial charge in [-0.2, -0.15) is 0 Å². The number of hydrogen-bond donors (Lipinski definition) is 0. The smallest absolute Gasteiger partial charge is 0.307 e. The van der Waals surface area contributed by atoms with Crippen LogP contribution in [0.4, 0.5) is 0 Å². The lowest BCUT2D eigenvalue weighted by atomic mass is 10.3. The highest BCUT2D eigenvalue weighted by molar-refractivity contribution is 5.79. The van der Waals surface area contributed by atoms with E-state index in [1.807, 2.05) is 35.0 Å². The zero-order chi connectivity index (χ0) is 15.2. The summed E-state index contributed by atoms with van der Waals surface area (Å²) in [5.41, 5.74) is 1.53. The number of imidazole rings is 1. The van der Waals surface area contributed by atoms with E-state index in [9.17, 15) is 9.59 Å². The Hall–Kier alpha value is -2.37. The Balaban J connectivity index is 1.89. The van der Waals surface area contributed by atoms with Crippen molar-refractivity contribution >= 4 is 17.5 Å². The van der Waals surface area contributed by atoms with Crippen LogP contribution in [0.1, 0.15) is 19.0 Å². The molecule has 0 saturated carbocycles. The highest BCUT2D eigenvalue weighted by Gasteiger charge is 2.13. The second kappa shape index (κ2) is 6.88. The van der Waals surface area contributed by atoms with E-state index in [0.717, 1.165) is 5.65 Å². The van der Waals surface area contributed by atoms with Gasteiger partial charge in [0, 0.05) is 26.0 Å². The SMILES string of the molecule is CCOC(=O)CCN(C)C(=O)Cc1cn2ccccc2n1. The zero-order valence-corrected chi connectivity index (χ0v) is 12.3. The van der Waals surface area contributed by atoms with Crippen molar-refractivity contribution < 1.29 is 14.3 Å². The molecule has 0 aromatic carbocycles. The summed E-state index contributed by atoms with van der Waals surface area (Å²) in [6.07, 6.45) is 4.16. The molecule has 0 aliphatic carbocycles. The van der Waals surface area contributed by atoms with E-state index >= 15 is 0 Å². The lowest BCUT2D eigenvalue weighted by molar-refractivity contribution is -0.143. The monoisotopic (exact) mass is 289 g/mol. The van der Waals surface area contributed by atoms with E-state index in [4.69, 9.17) is 4.74 Å². The number of amides is 1. The van der Waals surface area contributed by atoms with Gasteiger partial charge in [0.25, 0.3) is 0 Å². The molecule has 1 amide bonds. The van der Waals surface area contributed by atoms with Gasteiger partial charge in [0.15, 0.2) is 0 Å². The van der Waals surface area contributed by atoms with Crippen LogP contribution in [0.2, 0.25) is 0 Å². The van der Waals surface area contributed by atoms with Crippen LogP contribution >= 0.6 is 0 Å². The summed E-state index contributed by atoms with van der Waals surface area (Å²) in [6.45, 7) is 2.47. The van der Waals surface area contributed by atoms with E-state index in [0.29, 0.717) is 18.8 Å². The molecule has 0 aliphatic rings. The number of ether oxygens (including phenoxy) is 1. The third-order valence-corrected chi connectivity index (χ3v) is 3.13. The Kier molecular flexibility index (Phi) is 4.92. The predicted octanol–water partition coefficient (Wildman–Crippen LogP) is 1.29. The molecule has 0 bridgehead atoms. The van der Waals surface area contributed by atoms with Gasteiger partial charge in [-0.15, -0.1) is 0 Å². The van der Waals surface area contributed by atoms with Gasteiger partial charge < -0.3 is 14.0 Å². The Bertz CT molecular complexity index is 603. The molecule has 0 aliphatic heterocycles. The summed E-state index contributed by atoms with van der Waals surface area (Å²) in [7, 11) is 1.68. The van der Waals surface area contributed by atoms with Crippen molar-refractivity contribution in [3.05, 3.63) is 36.3 Å². The van der Waals surface area contributed by atoms with Gasteiger partial charge in [0.1, 0.15) is 5.65 Å². The van der Waals surface area contributed by atoms with Crippen LogP contribution in [-0.2, 0) is 20.7 Å². The van der Waals surface area contributed by atoms with Crippen LogP contribution in [0, 0.1) is 0 Å². The molecule has 0 spiro atoms.